The number of carbonyl (C=O) groups is 1. The summed E-state index contributed by atoms with van der Waals surface area (Å²) in [5, 5.41) is 8.56. The van der Waals surface area contributed by atoms with Crippen LogP contribution in [0.4, 0.5) is 9.52 Å². The summed E-state index contributed by atoms with van der Waals surface area (Å²) in [6.45, 7) is 6.43. The highest BCUT2D eigenvalue weighted by atomic mass is 32.1. The molecular formula is C21H26FN5OS. The van der Waals surface area contributed by atoms with Crippen LogP contribution in [-0.2, 0) is 4.79 Å². The lowest BCUT2D eigenvalue weighted by Crippen LogP contribution is -2.43. The number of unbranched alkanes of at least 4 members (excludes halogenated alkanes) is 1. The Morgan fingerprint density at radius 3 is 2.90 bits per heavy atom. The first kappa shape index (κ1) is 19.8. The van der Waals surface area contributed by atoms with Crippen molar-refractivity contribution in [2.75, 3.05) is 24.5 Å². The molecule has 1 unspecified atom stereocenters. The summed E-state index contributed by atoms with van der Waals surface area (Å²) in [5.74, 6) is -0.121. The summed E-state index contributed by atoms with van der Waals surface area (Å²) in [6.07, 6.45) is 3.99. The zero-order valence-corrected chi connectivity index (χ0v) is 17.6. The molecule has 0 saturated carbocycles. The molecule has 2 aromatic heterocycles. The van der Waals surface area contributed by atoms with E-state index in [4.69, 9.17) is 4.98 Å². The molecule has 6 nitrogen and oxygen atoms in total. The second kappa shape index (κ2) is 8.49. The first-order valence-corrected chi connectivity index (χ1v) is 11.0. The molecule has 29 heavy (non-hydrogen) atoms. The fraction of sp³-hybridized carbons (Fsp3) is 0.476. The van der Waals surface area contributed by atoms with Crippen LogP contribution in [0, 0.1) is 18.7 Å². The first-order chi connectivity index (χ1) is 14.1. The Kier molecular flexibility index (Phi) is 5.80. The Labute approximate surface area is 173 Å². The van der Waals surface area contributed by atoms with Crippen LogP contribution < -0.4 is 10.2 Å². The summed E-state index contributed by atoms with van der Waals surface area (Å²) in [5.41, 5.74) is 2.47. The van der Waals surface area contributed by atoms with E-state index < -0.39 is 0 Å². The van der Waals surface area contributed by atoms with Crippen LogP contribution in [0.25, 0.3) is 16.0 Å². The minimum absolute atomic E-state index is 0.00214. The van der Waals surface area contributed by atoms with E-state index in [0.717, 1.165) is 65.6 Å². The van der Waals surface area contributed by atoms with Gasteiger partial charge in [-0.15, -0.1) is 0 Å². The summed E-state index contributed by atoms with van der Waals surface area (Å²) in [7, 11) is 0. The third kappa shape index (κ3) is 4.12. The van der Waals surface area contributed by atoms with Crippen molar-refractivity contribution in [2.24, 2.45) is 5.92 Å². The second-order valence-electron chi connectivity index (χ2n) is 7.55. The number of nitrogens with one attached hydrogen (secondary N) is 1. The molecule has 0 bridgehead atoms. The Balaban J connectivity index is 1.55. The van der Waals surface area contributed by atoms with Gasteiger partial charge in [-0.2, -0.15) is 10.1 Å². The average molecular weight is 416 g/mol. The molecule has 3 heterocycles. The molecule has 1 aliphatic heterocycles. The Morgan fingerprint density at radius 2 is 2.14 bits per heavy atom. The topological polar surface area (TPSA) is 63.1 Å². The number of aromatic nitrogens is 3. The largest absolute Gasteiger partial charge is 0.356 e. The number of piperidine rings is 1. The van der Waals surface area contributed by atoms with Gasteiger partial charge in [0.05, 0.1) is 22.0 Å². The number of amides is 1. The van der Waals surface area contributed by atoms with E-state index in [-0.39, 0.29) is 17.6 Å². The third-order valence-corrected chi connectivity index (χ3v) is 6.55. The number of hydrogen-bond acceptors (Lipinski definition) is 5. The van der Waals surface area contributed by atoms with Crippen LogP contribution >= 0.6 is 11.3 Å². The van der Waals surface area contributed by atoms with Gasteiger partial charge in [0.2, 0.25) is 5.91 Å². The van der Waals surface area contributed by atoms with Gasteiger partial charge in [-0.1, -0.05) is 24.7 Å². The van der Waals surface area contributed by atoms with Gasteiger partial charge in [0.15, 0.2) is 10.8 Å². The molecule has 1 atom stereocenters. The van der Waals surface area contributed by atoms with Gasteiger partial charge in [-0.25, -0.2) is 9.07 Å². The van der Waals surface area contributed by atoms with E-state index in [2.05, 4.69) is 22.2 Å². The highest BCUT2D eigenvalue weighted by molar-refractivity contribution is 7.22. The monoisotopic (exact) mass is 415 g/mol. The molecule has 1 saturated heterocycles. The van der Waals surface area contributed by atoms with Crippen LogP contribution in [0.5, 0.6) is 0 Å². The van der Waals surface area contributed by atoms with E-state index >= 15 is 0 Å². The number of carbonyl (C=O) groups excluding carboxylic acids is 1. The Morgan fingerprint density at radius 1 is 1.34 bits per heavy atom. The lowest BCUT2D eigenvalue weighted by atomic mass is 9.97. The van der Waals surface area contributed by atoms with E-state index in [1.54, 1.807) is 28.2 Å². The smallest absolute Gasteiger partial charge is 0.224 e. The van der Waals surface area contributed by atoms with Gasteiger partial charge in [0, 0.05) is 19.6 Å². The summed E-state index contributed by atoms with van der Waals surface area (Å²) in [4.78, 5) is 19.6. The molecule has 3 aromatic rings. The standard InChI is InChI=1S/C21H26FN5OS/c1-3-4-11-23-20(28)15-6-5-12-26(13-15)21-24-19-18(29-21)14(2)25-27(19)17-9-7-16(22)8-10-17/h7-10,15H,3-6,11-13H2,1-2H3,(H,23,28). The minimum atomic E-state index is -0.274. The van der Waals surface area contributed by atoms with E-state index in [1.807, 2.05) is 6.92 Å². The van der Waals surface area contributed by atoms with Crippen LogP contribution in [0.3, 0.4) is 0 Å². The third-order valence-electron chi connectivity index (χ3n) is 5.34. The average Bonchev–Trinajstić information content (AvgIpc) is 3.30. The second-order valence-corrected chi connectivity index (χ2v) is 8.53. The van der Waals surface area contributed by atoms with E-state index in [0.29, 0.717) is 6.54 Å². The van der Waals surface area contributed by atoms with Crippen molar-refractivity contribution in [3.63, 3.8) is 0 Å². The number of fused-ring (bicyclic) bond motifs is 1. The van der Waals surface area contributed by atoms with Crippen molar-refractivity contribution in [1.29, 1.82) is 0 Å². The highest BCUT2D eigenvalue weighted by Crippen LogP contribution is 2.34. The van der Waals surface area contributed by atoms with Gasteiger partial charge < -0.3 is 10.2 Å². The van der Waals surface area contributed by atoms with Crippen molar-refractivity contribution in [1.82, 2.24) is 20.1 Å². The molecule has 0 spiro atoms. The lowest BCUT2D eigenvalue weighted by Gasteiger charge is -2.31. The van der Waals surface area contributed by atoms with Crippen molar-refractivity contribution in [2.45, 2.75) is 39.5 Å². The number of benzene rings is 1. The summed E-state index contributed by atoms with van der Waals surface area (Å²) >= 11 is 1.61. The predicted octanol–water partition coefficient (Wildman–Crippen LogP) is 4.06. The Bertz CT molecular complexity index is 997. The minimum Gasteiger partial charge on any atom is -0.356 e. The number of hydrogen-bond donors (Lipinski definition) is 1. The maximum atomic E-state index is 13.3. The van der Waals surface area contributed by atoms with Gasteiger partial charge in [-0.3, -0.25) is 4.79 Å². The molecule has 0 radical (unpaired) electrons. The predicted molar refractivity (Wildman–Crippen MR) is 114 cm³/mol. The number of thiazole rings is 1. The fourth-order valence-electron chi connectivity index (χ4n) is 3.72. The molecule has 1 fully saturated rings. The lowest BCUT2D eigenvalue weighted by molar-refractivity contribution is -0.125. The van der Waals surface area contributed by atoms with Crippen LogP contribution in [0.15, 0.2) is 24.3 Å². The summed E-state index contributed by atoms with van der Waals surface area (Å²) in [6, 6.07) is 6.27. The van der Waals surface area contributed by atoms with Crippen LogP contribution in [-0.4, -0.2) is 40.3 Å². The van der Waals surface area contributed by atoms with Crippen LogP contribution in [0.2, 0.25) is 0 Å². The number of anilines is 1. The fourth-order valence-corrected chi connectivity index (χ4v) is 4.74. The van der Waals surface area contributed by atoms with Crippen molar-refractivity contribution < 1.29 is 9.18 Å². The van der Waals surface area contributed by atoms with Crippen LogP contribution in [0.1, 0.15) is 38.3 Å². The summed E-state index contributed by atoms with van der Waals surface area (Å²) < 4.78 is 16.1. The molecule has 0 aliphatic carbocycles. The molecule has 1 N–H and O–H groups in total. The number of rotatable bonds is 6. The molecule has 154 valence electrons. The molecule has 1 amide bonds. The number of aryl methyl sites for hydroxylation is 1. The van der Waals surface area contributed by atoms with Crippen molar-refractivity contribution >= 4 is 32.7 Å². The van der Waals surface area contributed by atoms with Gasteiger partial charge in [-0.05, 0) is 50.5 Å². The SMILES string of the molecule is CCCCNC(=O)C1CCCN(c2nc3c(s2)c(C)nn3-c2ccc(F)cc2)C1. The highest BCUT2D eigenvalue weighted by Gasteiger charge is 2.28. The van der Waals surface area contributed by atoms with Gasteiger partial charge in [0.1, 0.15) is 5.82 Å². The normalized spacial score (nSPS) is 17.1. The maximum absolute atomic E-state index is 13.3. The maximum Gasteiger partial charge on any atom is 0.224 e. The van der Waals surface area contributed by atoms with Gasteiger partial charge >= 0.3 is 0 Å². The Hall–Kier alpha value is -2.48. The zero-order valence-electron chi connectivity index (χ0n) is 16.8. The molecular weight excluding hydrogens is 389 g/mol. The number of nitrogens with zero attached hydrogens (tertiary/aromatic N) is 4. The molecule has 1 aliphatic rings. The zero-order chi connectivity index (χ0) is 20.4. The molecule has 8 heteroatoms. The molecule has 1 aromatic carbocycles. The van der Waals surface area contributed by atoms with E-state index in [9.17, 15) is 9.18 Å². The quantitative estimate of drug-likeness (QED) is 0.617. The first-order valence-electron chi connectivity index (χ1n) is 10.2. The van der Waals surface area contributed by atoms with E-state index in [1.165, 1.54) is 12.1 Å². The number of halogens is 1. The van der Waals surface area contributed by atoms with Gasteiger partial charge in [0.25, 0.3) is 0 Å². The van der Waals surface area contributed by atoms with Crippen molar-refractivity contribution in [3.05, 3.63) is 35.8 Å². The molecule has 4 rings (SSSR count). The van der Waals surface area contributed by atoms with Crippen molar-refractivity contribution in [3.8, 4) is 5.69 Å².